The van der Waals surface area contributed by atoms with Crippen LogP contribution in [0.25, 0.3) is 11.2 Å². The van der Waals surface area contributed by atoms with Crippen molar-refractivity contribution in [1.29, 1.82) is 0 Å². The van der Waals surface area contributed by atoms with Crippen molar-refractivity contribution in [3.05, 3.63) is 16.7 Å². The maximum absolute atomic E-state index is 12.7. The summed E-state index contributed by atoms with van der Waals surface area (Å²) in [7, 11) is 0. The molecule has 1 saturated heterocycles. The Labute approximate surface area is 242 Å². The number of esters is 2. The summed E-state index contributed by atoms with van der Waals surface area (Å²) in [6, 6.07) is 0. The number of fused-ring (bicyclic) bond motifs is 1. The second-order valence-corrected chi connectivity index (χ2v) is 11.1. The first-order valence-corrected chi connectivity index (χ1v) is 15.7. The Bertz CT molecular complexity index is 1130. The van der Waals surface area contributed by atoms with Gasteiger partial charge in [-0.25, -0.2) is 4.98 Å². The number of rotatable bonds is 20. The lowest BCUT2D eigenvalue weighted by atomic mass is 10.1. The van der Waals surface area contributed by atoms with Gasteiger partial charge in [0.2, 0.25) is 5.95 Å². The highest BCUT2D eigenvalue weighted by molar-refractivity contribution is 5.71. The summed E-state index contributed by atoms with van der Waals surface area (Å²) in [6.07, 6.45) is 16.2. The van der Waals surface area contributed by atoms with E-state index in [0.717, 1.165) is 38.5 Å². The van der Waals surface area contributed by atoms with Crippen molar-refractivity contribution in [2.45, 2.75) is 141 Å². The van der Waals surface area contributed by atoms with Crippen LogP contribution in [0.15, 0.2) is 11.1 Å². The van der Waals surface area contributed by atoms with E-state index in [2.05, 4.69) is 28.8 Å². The van der Waals surface area contributed by atoms with Gasteiger partial charge < -0.3 is 19.9 Å². The van der Waals surface area contributed by atoms with Gasteiger partial charge in [-0.2, -0.15) is 4.98 Å². The molecule has 3 N–H and O–H groups in total. The van der Waals surface area contributed by atoms with Gasteiger partial charge >= 0.3 is 11.9 Å². The second kappa shape index (κ2) is 17.8. The lowest BCUT2D eigenvalue weighted by Crippen LogP contribution is -2.32. The molecule has 11 nitrogen and oxygen atoms in total. The van der Waals surface area contributed by atoms with E-state index in [-0.39, 0.29) is 35.7 Å². The zero-order valence-corrected chi connectivity index (χ0v) is 24.9. The number of aromatic amines is 1. The van der Waals surface area contributed by atoms with Crippen LogP contribution >= 0.6 is 0 Å². The highest BCUT2D eigenvalue weighted by atomic mass is 16.6. The van der Waals surface area contributed by atoms with E-state index < -0.39 is 24.0 Å². The van der Waals surface area contributed by atoms with Gasteiger partial charge in [0.25, 0.3) is 5.56 Å². The Morgan fingerprint density at radius 1 is 0.951 bits per heavy atom. The minimum absolute atomic E-state index is 0.0238. The first-order chi connectivity index (χ1) is 19.9. The maximum atomic E-state index is 12.7. The molecule has 3 atom stereocenters. The van der Waals surface area contributed by atoms with Crippen molar-refractivity contribution in [2.75, 3.05) is 12.3 Å². The molecule has 0 bridgehead atoms. The standard InChI is InChI=1S/C30H49N5O6/c1-3-5-7-9-11-13-15-17-25(36)39-20-23-22(41-26(37)18-16-14-12-10-8-6-4-2)19-24(40-23)35-21-32-27-28(35)33-30(31)34-29(27)38/h21-24H,3-20H2,1-2H3,(H3,31,33,34,38)/t22-,23+,24+/m0/s1. The molecule has 0 amide bonds. The fourth-order valence-electron chi connectivity index (χ4n) is 5.23. The fourth-order valence-corrected chi connectivity index (χ4v) is 5.23. The Hall–Kier alpha value is -2.95. The number of nitrogens with one attached hydrogen (secondary N) is 1. The Kier molecular flexibility index (Phi) is 14.1. The number of unbranched alkanes of at least 4 members (excludes halogenated alkanes) is 12. The number of carbonyl (C=O) groups excluding carboxylic acids is 2. The predicted molar refractivity (Wildman–Crippen MR) is 157 cm³/mol. The molecule has 0 aliphatic carbocycles. The summed E-state index contributed by atoms with van der Waals surface area (Å²) in [6.45, 7) is 4.36. The molecule has 11 heteroatoms. The summed E-state index contributed by atoms with van der Waals surface area (Å²) in [5.74, 6) is -0.606. The maximum Gasteiger partial charge on any atom is 0.306 e. The zero-order chi connectivity index (χ0) is 29.5. The van der Waals surface area contributed by atoms with E-state index in [0.29, 0.717) is 19.3 Å². The number of aromatic nitrogens is 4. The van der Waals surface area contributed by atoms with Crippen LogP contribution in [0.5, 0.6) is 0 Å². The minimum atomic E-state index is -0.646. The van der Waals surface area contributed by atoms with E-state index >= 15 is 0 Å². The SMILES string of the molecule is CCCCCCCCCC(=O)OC[C@H]1O[C@@H](n2cnc3c(=O)[nH]c(N)nc32)C[C@@H]1OC(=O)CCCCCCCCC. The van der Waals surface area contributed by atoms with Gasteiger partial charge in [-0.3, -0.25) is 23.9 Å². The normalized spacial score (nSPS) is 18.6. The smallest absolute Gasteiger partial charge is 0.306 e. The average molecular weight is 576 g/mol. The first-order valence-electron chi connectivity index (χ1n) is 15.7. The number of nitrogens with two attached hydrogens (primary N) is 1. The van der Waals surface area contributed by atoms with Crippen LogP contribution in [0.3, 0.4) is 0 Å². The number of carbonyl (C=O) groups is 2. The lowest BCUT2D eigenvalue weighted by Gasteiger charge is -2.19. The largest absolute Gasteiger partial charge is 0.463 e. The van der Waals surface area contributed by atoms with Crippen molar-refractivity contribution >= 4 is 29.1 Å². The van der Waals surface area contributed by atoms with Crippen LogP contribution in [0, 0.1) is 0 Å². The molecule has 2 aromatic rings. The van der Waals surface area contributed by atoms with Crippen LogP contribution in [0.1, 0.15) is 129 Å². The highest BCUT2D eigenvalue weighted by Crippen LogP contribution is 2.33. The minimum Gasteiger partial charge on any atom is -0.463 e. The van der Waals surface area contributed by atoms with Crippen molar-refractivity contribution in [1.82, 2.24) is 19.5 Å². The van der Waals surface area contributed by atoms with E-state index in [9.17, 15) is 14.4 Å². The molecule has 2 aromatic heterocycles. The molecule has 1 fully saturated rings. The number of imidazole rings is 1. The van der Waals surface area contributed by atoms with E-state index in [1.165, 1.54) is 57.7 Å². The van der Waals surface area contributed by atoms with Gasteiger partial charge in [-0.15, -0.1) is 0 Å². The number of nitrogens with zero attached hydrogens (tertiary/aromatic N) is 3. The molecule has 230 valence electrons. The molecular formula is C30H49N5O6. The summed E-state index contributed by atoms with van der Waals surface area (Å²) in [5.41, 5.74) is 5.72. The quantitative estimate of drug-likeness (QED) is 0.149. The first kappa shape index (κ1) is 32.6. The van der Waals surface area contributed by atoms with E-state index in [1.807, 2.05) is 0 Å². The van der Waals surface area contributed by atoms with Gasteiger partial charge in [0, 0.05) is 19.3 Å². The lowest BCUT2D eigenvalue weighted by molar-refractivity contribution is -0.158. The summed E-state index contributed by atoms with van der Waals surface area (Å²) >= 11 is 0. The molecule has 0 spiro atoms. The van der Waals surface area contributed by atoms with Gasteiger partial charge in [0.1, 0.15) is 25.0 Å². The van der Waals surface area contributed by atoms with Crippen molar-refractivity contribution < 1.29 is 23.8 Å². The van der Waals surface area contributed by atoms with E-state index in [1.54, 1.807) is 4.57 Å². The Balaban J connectivity index is 1.54. The number of anilines is 1. The van der Waals surface area contributed by atoms with E-state index in [4.69, 9.17) is 19.9 Å². The average Bonchev–Trinajstić information content (AvgIpc) is 3.54. The van der Waals surface area contributed by atoms with Crippen molar-refractivity contribution in [2.24, 2.45) is 0 Å². The van der Waals surface area contributed by atoms with Crippen LogP contribution in [0.4, 0.5) is 5.95 Å². The summed E-state index contributed by atoms with van der Waals surface area (Å²) in [4.78, 5) is 48.2. The van der Waals surface area contributed by atoms with Crippen LogP contribution in [0.2, 0.25) is 0 Å². The van der Waals surface area contributed by atoms with Crippen LogP contribution in [-0.2, 0) is 23.8 Å². The monoisotopic (exact) mass is 575 g/mol. The summed E-state index contributed by atoms with van der Waals surface area (Å²) < 4.78 is 19.2. The molecule has 3 heterocycles. The Morgan fingerprint density at radius 2 is 1.54 bits per heavy atom. The molecule has 41 heavy (non-hydrogen) atoms. The molecular weight excluding hydrogens is 526 g/mol. The fraction of sp³-hybridized carbons (Fsp3) is 0.767. The third-order valence-corrected chi connectivity index (χ3v) is 7.60. The molecule has 3 rings (SSSR count). The number of nitrogen functional groups attached to an aromatic ring is 1. The highest BCUT2D eigenvalue weighted by Gasteiger charge is 2.40. The molecule has 0 aromatic carbocycles. The molecule has 0 unspecified atom stereocenters. The second-order valence-electron chi connectivity index (χ2n) is 11.1. The number of H-pyrrole nitrogens is 1. The van der Waals surface area contributed by atoms with Gasteiger partial charge in [-0.05, 0) is 12.8 Å². The third kappa shape index (κ3) is 10.8. The van der Waals surface area contributed by atoms with Crippen molar-refractivity contribution in [3.63, 3.8) is 0 Å². The van der Waals surface area contributed by atoms with Crippen LogP contribution < -0.4 is 11.3 Å². The summed E-state index contributed by atoms with van der Waals surface area (Å²) in [5, 5.41) is 0. The van der Waals surface area contributed by atoms with Gasteiger partial charge in [-0.1, -0.05) is 90.9 Å². The van der Waals surface area contributed by atoms with Gasteiger partial charge in [0.15, 0.2) is 11.2 Å². The topological polar surface area (TPSA) is 151 Å². The number of hydrogen-bond donors (Lipinski definition) is 2. The molecule has 0 saturated carbocycles. The zero-order valence-electron chi connectivity index (χ0n) is 24.9. The molecule has 0 radical (unpaired) electrons. The Morgan fingerprint density at radius 3 is 2.17 bits per heavy atom. The number of hydrogen-bond acceptors (Lipinski definition) is 9. The predicted octanol–water partition coefficient (Wildman–Crippen LogP) is 5.73. The molecule has 1 aliphatic rings. The van der Waals surface area contributed by atoms with Crippen LogP contribution in [-0.4, -0.2) is 50.3 Å². The molecule has 1 aliphatic heterocycles. The van der Waals surface area contributed by atoms with Crippen molar-refractivity contribution in [3.8, 4) is 0 Å². The number of ether oxygens (including phenoxy) is 3. The third-order valence-electron chi connectivity index (χ3n) is 7.60. The van der Waals surface area contributed by atoms with Gasteiger partial charge in [0.05, 0.1) is 6.33 Å².